The van der Waals surface area contributed by atoms with Crippen LogP contribution in [0.5, 0.6) is 11.5 Å². The maximum atomic E-state index is 12.1. The van der Waals surface area contributed by atoms with Gasteiger partial charge in [-0.05, 0) is 30.5 Å². The molecule has 1 atom stereocenters. The average molecular weight is 319 g/mol. The van der Waals surface area contributed by atoms with Crippen LogP contribution in [-0.2, 0) is 9.53 Å². The van der Waals surface area contributed by atoms with E-state index in [4.69, 9.17) is 14.2 Å². The van der Waals surface area contributed by atoms with E-state index in [-0.39, 0.29) is 6.79 Å². The molecule has 1 aromatic carbocycles. The second kappa shape index (κ2) is 6.07. The number of ether oxygens (including phenoxy) is 3. The lowest BCUT2D eigenvalue weighted by atomic mass is 10.2. The Morgan fingerprint density at radius 3 is 2.86 bits per heavy atom. The summed E-state index contributed by atoms with van der Waals surface area (Å²) < 4.78 is 15.6. The lowest BCUT2D eigenvalue weighted by molar-refractivity contribution is -0.123. The third kappa shape index (κ3) is 3.04. The van der Waals surface area contributed by atoms with Gasteiger partial charge in [0.15, 0.2) is 17.6 Å². The van der Waals surface area contributed by atoms with Crippen molar-refractivity contribution in [1.29, 1.82) is 0 Å². The van der Waals surface area contributed by atoms with Crippen LogP contribution in [0.4, 0.5) is 5.69 Å². The molecule has 6 nitrogen and oxygen atoms in total. The Labute approximate surface area is 130 Å². The quantitative estimate of drug-likeness (QED) is 0.877. The Balaban J connectivity index is 1.60. The van der Waals surface area contributed by atoms with Crippen molar-refractivity contribution < 1.29 is 23.8 Å². The zero-order valence-corrected chi connectivity index (χ0v) is 12.5. The SMILES string of the molecule is CC(OC(=O)c1ccsc1)C(=O)Nc1ccc2c(c1)OCO2. The predicted molar refractivity (Wildman–Crippen MR) is 80.4 cm³/mol. The smallest absolute Gasteiger partial charge is 0.339 e. The van der Waals surface area contributed by atoms with Gasteiger partial charge in [0.25, 0.3) is 5.91 Å². The van der Waals surface area contributed by atoms with E-state index in [0.717, 1.165) is 0 Å². The van der Waals surface area contributed by atoms with Gasteiger partial charge in [0.2, 0.25) is 6.79 Å². The minimum Gasteiger partial charge on any atom is -0.454 e. The van der Waals surface area contributed by atoms with Crippen LogP contribution in [0.25, 0.3) is 0 Å². The highest BCUT2D eigenvalue weighted by Gasteiger charge is 2.20. The maximum absolute atomic E-state index is 12.1. The van der Waals surface area contributed by atoms with Crippen LogP contribution >= 0.6 is 11.3 Å². The maximum Gasteiger partial charge on any atom is 0.339 e. The van der Waals surface area contributed by atoms with Gasteiger partial charge >= 0.3 is 5.97 Å². The number of nitrogens with one attached hydrogen (secondary N) is 1. The van der Waals surface area contributed by atoms with Crippen LogP contribution < -0.4 is 14.8 Å². The van der Waals surface area contributed by atoms with Gasteiger partial charge < -0.3 is 19.5 Å². The third-order valence-corrected chi connectivity index (χ3v) is 3.73. The van der Waals surface area contributed by atoms with Gasteiger partial charge in [-0.3, -0.25) is 4.79 Å². The number of thiophene rings is 1. The lowest BCUT2D eigenvalue weighted by Gasteiger charge is -2.13. The molecule has 2 heterocycles. The zero-order chi connectivity index (χ0) is 15.5. The Morgan fingerprint density at radius 1 is 1.27 bits per heavy atom. The Hall–Kier alpha value is -2.54. The fourth-order valence-corrected chi connectivity index (χ4v) is 2.51. The molecule has 0 saturated carbocycles. The molecular weight excluding hydrogens is 306 g/mol. The molecule has 0 radical (unpaired) electrons. The molecule has 0 fully saturated rings. The zero-order valence-electron chi connectivity index (χ0n) is 11.7. The van der Waals surface area contributed by atoms with Crippen LogP contribution in [0.3, 0.4) is 0 Å². The molecule has 7 heteroatoms. The van der Waals surface area contributed by atoms with E-state index in [1.54, 1.807) is 35.0 Å². The van der Waals surface area contributed by atoms with Crippen molar-refractivity contribution in [2.24, 2.45) is 0 Å². The van der Waals surface area contributed by atoms with Gasteiger partial charge in [-0.15, -0.1) is 0 Å². The first-order valence-electron chi connectivity index (χ1n) is 6.57. The summed E-state index contributed by atoms with van der Waals surface area (Å²) in [6.07, 6.45) is -0.905. The first kappa shape index (κ1) is 14.4. The fraction of sp³-hybridized carbons (Fsp3) is 0.200. The predicted octanol–water partition coefficient (Wildman–Crippen LogP) is 2.66. The van der Waals surface area contributed by atoms with Crippen LogP contribution in [0, 0.1) is 0 Å². The summed E-state index contributed by atoms with van der Waals surface area (Å²) in [5.74, 6) is 0.271. The van der Waals surface area contributed by atoms with Crippen molar-refractivity contribution >= 4 is 28.9 Å². The molecule has 0 saturated heterocycles. The fourth-order valence-electron chi connectivity index (χ4n) is 1.88. The molecule has 1 aliphatic rings. The molecule has 1 N–H and O–H groups in total. The van der Waals surface area contributed by atoms with Gasteiger partial charge in [-0.1, -0.05) is 0 Å². The number of carbonyl (C=O) groups excluding carboxylic acids is 2. The molecule has 1 unspecified atom stereocenters. The minimum atomic E-state index is -0.905. The molecule has 1 aliphatic heterocycles. The summed E-state index contributed by atoms with van der Waals surface area (Å²) in [5.41, 5.74) is 0.986. The van der Waals surface area contributed by atoms with Gasteiger partial charge in [-0.25, -0.2) is 4.79 Å². The molecule has 1 amide bonds. The summed E-state index contributed by atoms with van der Waals surface area (Å²) in [5, 5.41) is 6.12. The first-order chi connectivity index (χ1) is 10.6. The van der Waals surface area contributed by atoms with E-state index >= 15 is 0 Å². The molecule has 0 aliphatic carbocycles. The van der Waals surface area contributed by atoms with Crippen molar-refractivity contribution in [1.82, 2.24) is 0 Å². The van der Waals surface area contributed by atoms with Crippen molar-refractivity contribution in [3.8, 4) is 11.5 Å². The summed E-state index contributed by atoms with van der Waals surface area (Å²) in [6.45, 7) is 1.69. The molecule has 0 bridgehead atoms. The summed E-state index contributed by atoms with van der Waals surface area (Å²) in [4.78, 5) is 23.9. The summed E-state index contributed by atoms with van der Waals surface area (Å²) in [7, 11) is 0. The van der Waals surface area contributed by atoms with Crippen molar-refractivity contribution in [3.05, 3.63) is 40.6 Å². The van der Waals surface area contributed by atoms with Crippen molar-refractivity contribution in [2.75, 3.05) is 12.1 Å². The van der Waals surface area contributed by atoms with Crippen molar-refractivity contribution in [2.45, 2.75) is 13.0 Å². The number of anilines is 1. The Kier molecular flexibility index (Phi) is 3.97. The monoisotopic (exact) mass is 319 g/mol. The minimum absolute atomic E-state index is 0.168. The Bertz CT molecular complexity index is 698. The third-order valence-electron chi connectivity index (χ3n) is 3.05. The molecule has 114 valence electrons. The summed E-state index contributed by atoms with van der Waals surface area (Å²) in [6, 6.07) is 6.71. The molecular formula is C15H13NO5S. The van der Waals surface area contributed by atoms with Crippen LogP contribution in [0.15, 0.2) is 35.0 Å². The van der Waals surface area contributed by atoms with E-state index in [1.165, 1.54) is 18.3 Å². The standard InChI is InChI=1S/C15H13NO5S/c1-9(21-15(18)10-4-5-22-7-10)14(17)16-11-2-3-12-13(6-11)20-8-19-12/h2-7,9H,8H2,1H3,(H,16,17). The molecule has 3 rings (SSSR count). The van der Waals surface area contributed by atoms with Crippen molar-refractivity contribution in [3.63, 3.8) is 0 Å². The number of benzene rings is 1. The van der Waals surface area contributed by atoms with Crippen LogP contribution in [0.1, 0.15) is 17.3 Å². The van der Waals surface area contributed by atoms with Crippen LogP contribution in [0.2, 0.25) is 0 Å². The largest absolute Gasteiger partial charge is 0.454 e. The average Bonchev–Trinajstić information content (AvgIpc) is 3.18. The second-order valence-electron chi connectivity index (χ2n) is 4.62. The normalized spacial score (nSPS) is 13.5. The number of amides is 1. The first-order valence-corrected chi connectivity index (χ1v) is 7.51. The lowest BCUT2D eigenvalue weighted by Crippen LogP contribution is -2.29. The number of esters is 1. The number of rotatable bonds is 4. The van der Waals surface area contributed by atoms with E-state index < -0.39 is 18.0 Å². The number of hydrogen-bond donors (Lipinski definition) is 1. The highest BCUT2D eigenvalue weighted by atomic mass is 32.1. The van der Waals surface area contributed by atoms with E-state index in [2.05, 4.69) is 5.32 Å². The van der Waals surface area contributed by atoms with Crippen LogP contribution in [-0.4, -0.2) is 24.8 Å². The summed E-state index contributed by atoms with van der Waals surface area (Å²) >= 11 is 1.39. The Morgan fingerprint density at radius 2 is 2.09 bits per heavy atom. The number of fused-ring (bicyclic) bond motifs is 1. The van der Waals surface area contributed by atoms with E-state index in [1.807, 2.05) is 0 Å². The van der Waals surface area contributed by atoms with Gasteiger partial charge in [0.1, 0.15) is 0 Å². The topological polar surface area (TPSA) is 73.9 Å². The van der Waals surface area contributed by atoms with Gasteiger partial charge in [-0.2, -0.15) is 11.3 Å². The molecule has 0 spiro atoms. The molecule has 22 heavy (non-hydrogen) atoms. The second-order valence-corrected chi connectivity index (χ2v) is 5.40. The number of hydrogen-bond acceptors (Lipinski definition) is 6. The molecule has 2 aromatic rings. The van der Waals surface area contributed by atoms with E-state index in [0.29, 0.717) is 22.7 Å². The van der Waals surface area contributed by atoms with Gasteiger partial charge in [0.05, 0.1) is 5.56 Å². The highest BCUT2D eigenvalue weighted by molar-refractivity contribution is 7.08. The highest BCUT2D eigenvalue weighted by Crippen LogP contribution is 2.34. The molecule has 1 aromatic heterocycles. The van der Waals surface area contributed by atoms with E-state index in [9.17, 15) is 9.59 Å². The van der Waals surface area contributed by atoms with Gasteiger partial charge in [0, 0.05) is 17.1 Å². The number of carbonyl (C=O) groups is 2.